The van der Waals surface area contributed by atoms with E-state index in [0.29, 0.717) is 17.2 Å². The van der Waals surface area contributed by atoms with E-state index >= 15 is 0 Å². The summed E-state index contributed by atoms with van der Waals surface area (Å²) in [7, 11) is 0. The van der Waals surface area contributed by atoms with Crippen molar-refractivity contribution in [1.82, 2.24) is 19.7 Å². The van der Waals surface area contributed by atoms with Gasteiger partial charge in [0.25, 0.3) is 5.91 Å². The summed E-state index contributed by atoms with van der Waals surface area (Å²) in [6, 6.07) is 13.7. The van der Waals surface area contributed by atoms with Gasteiger partial charge in [0.05, 0.1) is 16.8 Å². The molecule has 0 unspecified atom stereocenters. The number of carbonyl (C=O) groups excluding carboxylic acids is 1. The minimum absolute atomic E-state index is 0.160. The summed E-state index contributed by atoms with van der Waals surface area (Å²) in [4.78, 5) is 20.9. The van der Waals surface area contributed by atoms with Crippen LogP contribution in [0.3, 0.4) is 0 Å². The second kappa shape index (κ2) is 7.05. The molecule has 4 aromatic rings. The molecule has 2 aromatic carbocycles. The van der Waals surface area contributed by atoms with Gasteiger partial charge in [0.15, 0.2) is 5.13 Å². The van der Waals surface area contributed by atoms with Gasteiger partial charge in [-0.3, -0.25) is 10.1 Å². The van der Waals surface area contributed by atoms with Crippen LogP contribution in [0, 0.1) is 0 Å². The van der Waals surface area contributed by atoms with Crippen LogP contribution in [0.4, 0.5) is 5.13 Å². The second-order valence-electron chi connectivity index (χ2n) is 5.92. The van der Waals surface area contributed by atoms with E-state index in [1.807, 2.05) is 30.3 Å². The average molecular weight is 363 g/mol. The van der Waals surface area contributed by atoms with Gasteiger partial charge in [-0.2, -0.15) is 5.10 Å². The van der Waals surface area contributed by atoms with Crippen molar-refractivity contribution in [2.24, 2.45) is 0 Å². The molecule has 0 radical (unpaired) electrons. The molecule has 1 N–H and O–H groups in total. The van der Waals surface area contributed by atoms with Gasteiger partial charge in [0, 0.05) is 5.56 Å². The van der Waals surface area contributed by atoms with Crippen molar-refractivity contribution < 1.29 is 4.79 Å². The van der Waals surface area contributed by atoms with Gasteiger partial charge in [-0.05, 0) is 41.8 Å². The SMILES string of the molecule is CCc1ccc2nc(NC(=O)c3ccc(Cn4cncn4)cc3)sc2c1. The first kappa shape index (κ1) is 16.4. The van der Waals surface area contributed by atoms with Gasteiger partial charge in [0.1, 0.15) is 12.7 Å². The van der Waals surface area contributed by atoms with Crippen molar-refractivity contribution in [2.75, 3.05) is 5.32 Å². The number of thiazole rings is 1. The third-order valence-electron chi connectivity index (χ3n) is 4.11. The lowest BCUT2D eigenvalue weighted by Gasteiger charge is -2.04. The van der Waals surface area contributed by atoms with E-state index < -0.39 is 0 Å². The zero-order valence-corrected chi connectivity index (χ0v) is 15.0. The van der Waals surface area contributed by atoms with E-state index in [2.05, 4.69) is 39.4 Å². The van der Waals surface area contributed by atoms with Crippen molar-refractivity contribution in [1.29, 1.82) is 0 Å². The number of aromatic nitrogens is 4. The number of benzene rings is 2. The molecule has 0 aliphatic carbocycles. The molecule has 0 atom stereocenters. The molecular weight excluding hydrogens is 346 g/mol. The monoisotopic (exact) mass is 363 g/mol. The molecule has 2 heterocycles. The molecule has 7 heteroatoms. The third kappa shape index (κ3) is 3.48. The van der Waals surface area contributed by atoms with E-state index in [9.17, 15) is 4.79 Å². The van der Waals surface area contributed by atoms with Crippen LogP contribution in [0.2, 0.25) is 0 Å². The predicted molar refractivity (Wildman–Crippen MR) is 103 cm³/mol. The molecule has 0 saturated carbocycles. The number of fused-ring (bicyclic) bond motifs is 1. The Morgan fingerprint density at radius 3 is 2.69 bits per heavy atom. The molecule has 0 aliphatic heterocycles. The van der Waals surface area contributed by atoms with Gasteiger partial charge >= 0.3 is 0 Å². The van der Waals surface area contributed by atoms with Crippen molar-refractivity contribution >= 4 is 32.6 Å². The highest BCUT2D eigenvalue weighted by atomic mass is 32.1. The van der Waals surface area contributed by atoms with Crippen molar-refractivity contribution in [3.8, 4) is 0 Å². The highest BCUT2D eigenvalue weighted by molar-refractivity contribution is 7.22. The largest absolute Gasteiger partial charge is 0.298 e. The second-order valence-corrected chi connectivity index (χ2v) is 6.95. The summed E-state index contributed by atoms with van der Waals surface area (Å²) in [5.41, 5.74) is 3.83. The van der Waals surface area contributed by atoms with Gasteiger partial charge in [-0.15, -0.1) is 0 Å². The Bertz CT molecular complexity index is 1040. The Hall–Kier alpha value is -3.06. The van der Waals surface area contributed by atoms with Gasteiger partial charge in [-0.25, -0.2) is 14.6 Å². The van der Waals surface area contributed by atoms with E-state index in [1.165, 1.54) is 23.2 Å². The molecule has 0 bridgehead atoms. The maximum atomic E-state index is 12.5. The van der Waals surface area contributed by atoms with Crippen LogP contribution in [0.15, 0.2) is 55.1 Å². The molecule has 130 valence electrons. The van der Waals surface area contributed by atoms with Crippen molar-refractivity contribution in [3.05, 3.63) is 71.8 Å². The van der Waals surface area contributed by atoms with E-state index in [1.54, 1.807) is 11.0 Å². The fourth-order valence-corrected chi connectivity index (χ4v) is 3.60. The van der Waals surface area contributed by atoms with Gasteiger partial charge < -0.3 is 0 Å². The summed E-state index contributed by atoms with van der Waals surface area (Å²) in [5.74, 6) is -0.160. The number of hydrogen-bond donors (Lipinski definition) is 1. The standard InChI is InChI=1S/C19H17N5OS/c1-2-13-5-8-16-17(9-13)26-19(22-16)23-18(25)15-6-3-14(4-7-15)10-24-12-20-11-21-24/h3-9,11-12H,2,10H2,1H3,(H,22,23,25). The molecule has 0 saturated heterocycles. The highest BCUT2D eigenvalue weighted by Gasteiger charge is 2.10. The zero-order valence-electron chi connectivity index (χ0n) is 14.2. The number of nitrogens with zero attached hydrogens (tertiary/aromatic N) is 4. The Labute approximate surface area is 154 Å². The lowest BCUT2D eigenvalue weighted by Crippen LogP contribution is -2.11. The predicted octanol–water partition coefficient (Wildman–Crippen LogP) is 3.75. The van der Waals surface area contributed by atoms with Crippen LogP contribution in [0.25, 0.3) is 10.2 Å². The number of rotatable bonds is 5. The van der Waals surface area contributed by atoms with Crippen LogP contribution >= 0.6 is 11.3 Å². The fourth-order valence-electron chi connectivity index (χ4n) is 2.67. The minimum Gasteiger partial charge on any atom is -0.298 e. The van der Waals surface area contributed by atoms with E-state index in [4.69, 9.17) is 0 Å². The molecule has 4 rings (SSSR count). The zero-order chi connectivity index (χ0) is 17.9. The van der Waals surface area contributed by atoms with E-state index in [0.717, 1.165) is 22.2 Å². The van der Waals surface area contributed by atoms with Crippen LogP contribution in [0.1, 0.15) is 28.4 Å². The topological polar surface area (TPSA) is 72.7 Å². The fraction of sp³-hybridized carbons (Fsp3) is 0.158. The maximum Gasteiger partial charge on any atom is 0.257 e. The molecule has 0 spiro atoms. The quantitative estimate of drug-likeness (QED) is 0.586. The molecule has 0 aliphatic rings. The van der Waals surface area contributed by atoms with Crippen molar-refractivity contribution in [3.63, 3.8) is 0 Å². The van der Waals surface area contributed by atoms with Crippen molar-refractivity contribution in [2.45, 2.75) is 19.9 Å². The smallest absolute Gasteiger partial charge is 0.257 e. The summed E-state index contributed by atoms with van der Waals surface area (Å²) in [5, 5.41) is 7.58. The number of hydrogen-bond acceptors (Lipinski definition) is 5. The first-order valence-electron chi connectivity index (χ1n) is 8.33. The maximum absolute atomic E-state index is 12.5. The minimum atomic E-state index is -0.160. The Morgan fingerprint density at radius 1 is 1.15 bits per heavy atom. The first-order chi connectivity index (χ1) is 12.7. The van der Waals surface area contributed by atoms with Crippen LogP contribution in [-0.4, -0.2) is 25.7 Å². The molecule has 1 amide bonds. The van der Waals surface area contributed by atoms with Gasteiger partial charge in [-0.1, -0.05) is 36.5 Å². The third-order valence-corrected chi connectivity index (χ3v) is 5.04. The average Bonchev–Trinajstić information content (AvgIpc) is 3.30. The Kier molecular flexibility index (Phi) is 4.45. The van der Waals surface area contributed by atoms with Gasteiger partial charge in [0.2, 0.25) is 0 Å². The van der Waals surface area contributed by atoms with E-state index in [-0.39, 0.29) is 5.91 Å². The molecular formula is C19H17N5OS. The van der Waals surface area contributed by atoms with Crippen LogP contribution in [0.5, 0.6) is 0 Å². The summed E-state index contributed by atoms with van der Waals surface area (Å²) < 4.78 is 2.82. The Balaban J connectivity index is 1.47. The first-order valence-corrected chi connectivity index (χ1v) is 9.15. The molecule has 2 aromatic heterocycles. The number of carbonyl (C=O) groups is 1. The molecule has 6 nitrogen and oxygen atoms in total. The molecule has 0 fully saturated rings. The lowest BCUT2D eigenvalue weighted by atomic mass is 10.1. The summed E-state index contributed by atoms with van der Waals surface area (Å²) >= 11 is 1.49. The summed E-state index contributed by atoms with van der Waals surface area (Å²) in [6.45, 7) is 2.75. The Morgan fingerprint density at radius 2 is 1.96 bits per heavy atom. The number of nitrogens with one attached hydrogen (secondary N) is 1. The lowest BCUT2D eigenvalue weighted by molar-refractivity contribution is 0.102. The molecule has 26 heavy (non-hydrogen) atoms. The van der Waals surface area contributed by atoms with Crippen LogP contribution in [-0.2, 0) is 13.0 Å². The normalized spacial score (nSPS) is 11.0. The number of amides is 1. The van der Waals surface area contributed by atoms with Crippen LogP contribution < -0.4 is 5.32 Å². The summed E-state index contributed by atoms with van der Waals surface area (Å²) in [6.07, 6.45) is 4.15. The highest BCUT2D eigenvalue weighted by Crippen LogP contribution is 2.27. The number of aryl methyl sites for hydroxylation is 1. The number of anilines is 1.